The maximum atomic E-state index is 12.4. The summed E-state index contributed by atoms with van der Waals surface area (Å²) in [6.45, 7) is 2.48. The maximum Gasteiger partial charge on any atom is 0.321 e. The maximum absolute atomic E-state index is 12.4. The molecule has 7 heteroatoms. The summed E-state index contributed by atoms with van der Waals surface area (Å²) in [6.07, 6.45) is 0.129. The fraction of sp³-hybridized carbons (Fsp3) is 0.318. The first-order valence-electron chi connectivity index (χ1n) is 9.70. The zero-order chi connectivity index (χ0) is 20.6. The molecule has 2 aromatic carbocycles. The fourth-order valence-electron chi connectivity index (χ4n) is 3.13. The highest BCUT2D eigenvalue weighted by molar-refractivity contribution is 5.95. The number of hydrogen-bond acceptors (Lipinski definition) is 4. The van der Waals surface area contributed by atoms with Gasteiger partial charge in [0.15, 0.2) is 6.10 Å². The molecule has 1 saturated heterocycles. The van der Waals surface area contributed by atoms with Crippen molar-refractivity contribution in [2.24, 2.45) is 5.92 Å². The molecular formula is C22H25N3O4. The Morgan fingerprint density at radius 3 is 1.97 bits per heavy atom. The van der Waals surface area contributed by atoms with Gasteiger partial charge in [0.1, 0.15) is 0 Å². The van der Waals surface area contributed by atoms with Gasteiger partial charge in [0.25, 0.3) is 5.91 Å². The van der Waals surface area contributed by atoms with Gasteiger partial charge in [0, 0.05) is 24.5 Å². The molecule has 1 aliphatic rings. The van der Waals surface area contributed by atoms with Gasteiger partial charge in [0.2, 0.25) is 0 Å². The number of urea groups is 1. The molecule has 29 heavy (non-hydrogen) atoms. The zero-order valence-corrected chi connectivity index (χ0v) is 16.3. The number of nitrogens with zero attached hydrogens (tertiary/aromatic N) is 1. The summed E-state index contributed by atoms with van der Waals surface area (Å²) in [5.41, 5.74) is 1.38. The van der Waals surface area contributed by atoms with E-state index in [1.807, 2.05) is 48.5 Å². The van der Waals surface area contributed by atoms with Crippen molar-refractivity contribution in [3.63, 3.8) is 0 Å². The first kappa shape index (κ1) is 20.4. The van der Waals surface area contributed by atoms with Crippen molar-refractivity contribution in [3.05, 3.63) is 60.7 Å². The van der Waals surface area contributed by atoms with E-state index in [2.05, 4.69) is 10.6 Å². The summed E-state index contributed by atoms with van der Waals surface area (Å²) in [7, 11) is 0. The molecule has 0 unspecified atom stereocenters. The molecule has 1 atom stereocenters. The molecular weight excluding hydrogens is 370 g/mol. The van der Waals surface area contributed by atoms with Gasteiger partial charge in [-0.05, 0) is 44.0 Å². The molecule has 152 valence electrons. The number of rotatable bonds is 5. The van der Waals surface area contributed by atoms with Gasteiger partial charge in [0.05, 0.1) is 5.92 Å². The molecule has 0 radical (unpaired) electrons. The van der Waals surface area contributed by atoms with Crippen molar-refractivity contribution in [2.75, 3.05) is 23.7 Å². The molecule has 0 saturated carbocycles. The van der Waals surface area contributed by atoms with E-state index in [1.165, 1.54) is 0 Å². The summed E-state index contributed by atoms with van der Waals surface area (Å²) in [5, 5.41) is 5.56. The fourth-order valence-corrected chi connectivity index (χ4v) is 3.13. The molecule has 0 aliphatic carbocycles. The molecule has 1 fully saturated rings. The molecule has 2 N–H and O–H groups in total. The summed E-state index contributed by atoms with van der Waals surface area (Å²) in [4.78, 5) is 38.6. The monoisotopic (exact) mass is 395 g/mol. The molecule has 0 aromatic heterocycles. The SMILES string of the molecule is C[C@@H](OC(=O)C1CCN(C(=O)Nc2ccccc2)CC1)C(=O)Nc1ccccc1. The van der Waals surface area contributed by atoms with Crippen molar-refractivity contribution >= 4 is 29.3 Å². The number of anilines is 2. The Labute approximate surface area is 170 Å². The Bertz CT molecular complexity index is 834. The van der Waals surface area contributed by atoms with E-state index in [0.717, 1.165) is 5.69 Å². The lowest BCUT2D eigenvalue weighted by atomic mass is 9.97. The Balaban J connectivity index is 1.43. The second-order valence-corrected chi connectivity index (χ2v) is 6.99. The first-order chi connectivity index (χ1) is 14.0. The van der Waals surface area contributed by atoms with Crippen molar-refractivity contribution in [2.45, 2.75) is 25.9 Å². The topological polar surface area (TPSA) is 87.7 Å². The number of para-hydroxylation sites is 2. The number of piperidine rings is 1. The van der Waals surface area contributed by atoms with Crippen molar-refractivity contribution in [1.29, 1.82) is 0 Å². The average molecular weight is 395 g/mol. The van der Waals surface area contributed by atoms with Gasteiger partial charge in [-0.1, -0.05) is 36.4 Å². The van der Waals surface area contributed by atoms with Crippen LogP contribution in [0, 0.1) is 5.92 Å². The van der Waals surface area contributed by atoms with E-state index in [1.54, 1.807) is 24.0 Å². The third kappa shape index (κ3) is 5.81. The Hall–Kier alpha value is -3.35. The highest BCUT2D eigenvalue weighted by atomic mass is 16.5. The summed E-state index contributed by atoms with van der Waals surface area (Å²) >= 11 is 0. The first-order valence-corrected chi connectivity index (χ1v) is 9.70. The van der Waals surface area contributed by atoms with Crippen LogP contribution in [0.25, 0.3) is 0 Å². The highest BCUT2D eigenvalue weighted by Crippen LogP contribution is 2.20. The number of carbonyl (C=O) groups is 3. The van der Waals surface area contributed by atoms with Crippen LogP contribution in [-0.2, 0) is 14.3 Å². The molecule has 1 aliphatic heterocycles. The Morgan fingerprint density at radius 1 is 0.897 bits per heavy atom. The van der Waals surface area contributed by atoms with Crippen LogP contribution in [-0.4, -0.2) is 42.0 Å². The molecule has 1 heterocycles. The number of amides is 3. The summed E-state index contributed by atoms with van der Waals surface area (Å²) < 4.78 is 5.35. The van der Waals surface area contributed by atoms with Crippen LogP contribution in [0.4, 0.5) is 16.2 Å². The lowest BCUT2D eigenvalue weighted by molar-refractivity contribution is -0.158. The lowest BCUT2D eigenvalue weighted by Gasteiger charge is -2.31. The highest BCUT2D eigenvalue weighted by Gasteiger charge is 2.30. The number of hydrogen-bond donors (Lipinski definition) is 2. The molecule has 2 aromatic rings. The van der Waals surface area contributed by atoms with E-state index in [4.69, 9.17) is 4.74 Å². The molecule has 3 rings (SSSR count). The summed E-state index contributed by atoms with van der Waals surface area (Å²) in [5.74, 6) is -1.09. The van der Waals surface area contributed by atoms with Gasteiger partial charge in [-0.2, -0.15) is 0 Å². The standard InChI is InChI=1S/C22H25N3O4/c1-16(20(26)23-18-8-4-2-5-9-18)29-21(27)17-12-14-25(15-13-17)22(28)24-19-10-6-3-7-11-19/h2-11,16-17H,12-15H2,1H3,(H,23,26)(H,24,28)/t16-/m1/s1. The summed E-state index contributed by atoms with van der Waals surface area (Å²) in [6, 6.07) is 18.1. The van der Waals surface area contributed by atoms with Crippen molar-refractivity contribution in [1.82, 2.24) is 4.90 Å². The second kappa shape index (κ2) is 9.73. The second-order valence-electron chi connectivity index (χ2n) is 6.99. The minimum atomic E-state index is -0.887. The predicted octanol–water partition coefficient (Wildman–Crippen LogP) is 3.50. The molecule has 0 spiro atoms. The largest absolute Gasteiger partial charge is 0.452 e. The van der Waals surface area contributed by atoms with E-state index in [0.29, 0.717) is 31.6 Å². The lowest BCUT2D eigenvalue weighted by Crippen LogP contribution is -2.43. The predicted molar refractivity (Wildman–Crippen MR) is 110 cm³/mol. The molecule has 7 nitrogen and oxygen atoms in total. The van der Waals surface area contributed by atoms with Crippen LogP contribution in [0.15, 0.2) is 60.7 Å². The quantitative estimate of drug-likeness (QED) is 0.759. The third-order valence-electron chi connectivity index (χ3n) is 4.84. The number of ether oxygens (including phenoxy) is 1. The minimum Gasteiger partial charge on any atom is -0.452 e. The number of esters is 1. The Kier molecular flexibility index (Phi) is 6.84. The van der Waals surface area contributed by atoms with Crippen LogP contribution in [0.2, 0.25) is 0 Å². The minimum absolute atomic E-state index is 0.182. The van der Waals surface area contributed by atoms with Gasteiger partial charge in [-0.15, -0.1) is 0 Å². The van der Waals surface area contributed by atoms with Crippen LogP contribution < -0.4 is 10.6 Å². The smallest absolute Gasteiger partial charge is 0.321 e. The van der Waals surface area contributed by atoms with Gasteiger partial charge < -0.3 is 20.3 Å². The van der Waals surface area contributed by atoms with Gasteiger partial charge in [-0.3, -0.25) is 9.59 Å². The van der Waals surface area contributed by atoms with Gasteiger partial charge in [-0.25, -0.2) is 4.79 Å². The number of likely N-dealkylation sites (tertiary alicyclic amines) is 1. The Morgan fingerprint density at radius 2 is 1.41 bits per heavy atom. The van der Waals surface area contributed by atoms with E-state index in [9.17, 15) is 14.4 Å². The van der Waals surface area contributed by atoms with Crippen LogP contribution in [0.1, 0.15) is 19.8 Å². The van der Waals surface area contributed by atoms with Crippen LogP contribution in [0.3, 0.4) is 0 Å². The normalized spacial score (nSPS) is 15.3. The van der Waals surface area contributed by atoms with Crippen LogP contribution in [0.5, 0.6) is 0 Å². The van der Waals surface area contributed by atoms with E-state index < -0.39 is 12.1 Å². The van der Waals surface area contributed by atoms with Crippen molar-refractivity contribution in [3.8, 4) is 0 Å². The average Bonchev–Trinajstić information content (AvgIpc) is 2.75. The van der Waals surface area contributed by atoms with Gasteiger partial charge >= 0.3 is 12.0 Å². The molecule has 3 amide bonds. The van der Waals surface area contributed by atoms with E-state index >= 15 is 0 Å². The third-order valence-corrected chi connectivity index (χ3v) is 4.84. The molecule has 0 bridgehead atoms. The zero-order valence-electron chi connectivity index (χ0n) is 16.3. The van der Waals surface area contributed by atoms with Crippen LogP contribution >= 0.6 is 0 Å². The van der Waals surface area contributed by atoms with E-state index in [-0.39, 0.29) is 17.9 Å². The number of benzene rings is 2. The number of nitrogens with one attached hydrogen (secondary N) is 2. The van der Waals surface area contributed by atoms with Crippen molar-refractivity contribution < 1.29 is 19.1 Å². The number of carbonyl (C=O) groups excluding carboxylic acids is 3.